The molecule has 0 fully saturated rings. The van der Waals surface area contributed by atoms with Crippen LogP contribution in [0.15, 0.2) is 77.8 Å². The van der Waals surface area contributed by atoms with Gasteiger partial charge in [0, 0.05) is 34.0 Å². The predicted molar refractivity (Wildman–Crippen MR) is 241 cm³/mol. The van der Waals surface area contributed by atoms with Gasteiger partial charge in [0.1, 0.15) is 28.7 Å². The topological polar surface area (TPSA) is 71.3 Å². The summed E-state index contributed by atoms with van der Waals surface area (Å²) in [7, 11) is 0. The number of unbranched alkanes of at least 4 members (excludes halogenated alkanes) is 2. The van der Waals surface area contributed by atoms with Crippen molar-refractivity contribution in [3.63, 3.8) is 0 Å². The Hall–Kier alpha value is -4.16. The van der Waals surface area contributed by atoms with Gasteiger partial charge in [0.2, 0.25) is 0 Å². The summed E-state index contributed by atoms with van der Waals surface area (Å²) in [6, 6.07) is 21.5. The molecule has 4 aromatic rings. The maximum absolute atomic E-state index is 14.7. The molecule has 0 aliphatic carbocycles. The second-order valence-corrected chi connectivity index (χ2v) is 20.2. The highest BCUT2D eigenvalue weighted by molar-refractivity contribution is 5.83. The maximum atomic E-state index is 14.7. The molecule has 5 nitrogen and oxygen atoms in total. The third-order valence-electron chi connectivity index (χ3n) is 10.9. The normalized spacial score (nSPS) is 13.6. The third-order valence-corrected chi connectivity index (χ3v) is 10.9. The molecule has 1 unspecified atom stereocenters. The Morgan fingerprint density at radius 1 is 0.621 bits per heavy atom. The van der Waals surface area contributed by atoms with Gasteiger partial charge in [-0.15, -0.1) is 0 Å². The van der Waals surface area contributed by atoms with Gasteiger partial charge in [0.05, 0.1) is 19.3 Å². The fourth-order valence-corrected chi connectivity index (χ4v) is 7.37. The molecular weight excluding hydrogens is 722 g/mol. The van der Waals surface area contributed by atoms with E-state index < -0.39 is 17.5 Å². The van der Waals surface area contributed by atoms with E-state index in [9.17, 15) is 14.6 Å². The van der Waals surface area contributed by atoms with Crippen LogP contribution in [0.5, 0.6) is 17.2 Å². The van der Waals surface area contributed by atoms with E-state index in [1.807, 2.05) is 30.3 Å². The molecule has 6 heteroatoms. The van der Waals surface area contributed by atoms with Gasteiger partial charge >= 0.3 is 0 Å². The number of nitrogens with zero attached hydrogens (tertiary/aromatic N) is 1. The fraction of sp³-hybridized carbons (Fsp3) is 0.519. The quantitative estimate of drug-likeness (QED) is 0.0929. The van der Waals surface area contributed by atoms with Crippen LogP contribution in [0, 0.1) is 5.82 Å². The molecule has 0 saturated heterocycles. The zero-order valence-corrected chi connectivity index (χ0v) is 38.1. The highest BCUT2D eigenvalue weighted by Gasteiger charge is 2.45. The van der Waals surface area contributed by atoms with Crippen LogP contribution in [-0.4, -0.2) is 35.7 Å². The fourth-order valence-electron chi connectivity index (χ4n) is 7.37. The molecule has 0 radical (unpaired) electrons. The van der Waals surface area contributed by atoms with Crippen molar-refractivity contribution >= 4 is 6.21 Å². The van der Waals surface area contributed by atoms with E-state index in [0.29, 0.717) is 30.8 Å². The molecule has 0 saturated carbocycles. The van der Waals surface area contributed by atoms with Crippen LogP contribution in [0.25, 0.3) is 0 Å². The predicted octanol–water partition coefficient (Wildman–Crippen LogP) is 13.0. The minimum Gasteiger partial charge on any atom is -0.507 e. The summed E-state index contributed by atoms with van der Waals surface area (Å²) in [5.41, 5.74) is 3.42. The van der Waals surface area contributed by atoms with Crippen LogP contribution in [0.3, 0.4) is 0 Å². The van der Waals surface area contributed by atoms with Gasteiger partial charge in [-0.2, -0.15) is 0 Å². The SMILES string of the molecule is CCCCOc1c(C(C)(C)C)cc(C(O)(c2cc(C(C)(C)C)c(OCCCC)c(C(C)(C)C)c2)C(Cc2ccccc2)N=Cc2cc(F)ccc2O)cc1C(C)(C)C. The van der Waals surface area contributed by atoms with Gasteiger partial charge in [-0.3, -0.25) is 4.99 Å². The summed E-state index contributed by atoms with van der Waals surface area (Å²) in [6.07, 6.45) is 5.73. The summed E-state index contributed by atoms with van der Waals surface area (Å²) in [4.78, 5) is 5.19. The van der Waals surface area contributed by atoms with Crippen molar-refractivity contribution in [1.29, 1.82) is 0 Å². The Bertz CT molecular complexity index is 1840. The number of halogens is 1. The third kappa shape index (κ3) is 11.1. The Morgan fingerprint density at radius 3 is 1.41 bits per heavy atom. The highest BCUT2D eigenvalue weighted by atomic mass is 19.1. The standard InChI is InChI=1S/C52H72FNO4/c1-15-17-26-57-46-40(48(3,4)5)30-37(31-41(46)49(6,7)8)52(56,38-32-42(50(9,10)11)47(58-27-18-16-2)43(33-38)51(12,13)14)45(28-35-22-20-19-21-23-35)54-34-36-29-39(53)24-25-44(36)55/h19-25,29-34,45,55-56H,15-18,26-28H2,1-14H3. The second kappa shape index (κ2) is 18.4. The number of phenols is 1. The monoisotopic (exact) mass is 794 g/mol. The van der Waals surface area contributed by atoms with Gasteiger partial charge in [0.15, 0.2) is 0 Å². The lowest BCUT2D eigenvalue weighted by atomic mass is 9.70. The Labute approximate surface area is 350 Å². The lowest BCUT2D eigenvalue weighted by Crippen LogP contribution is -2.42. The van der Waals surface area contributed by atoms with E-state index in [2.05, 4.69) is 121 Å². The smallest absolute Gasteiger partial charge is 0.137 e. The summed E-state index contributed by atoms with van der Waals surface area (Å²) in [5, 5.41) is 25.2. The van der Waals surface area contributed by atoms with Crippen LogP contribution in [0.2, 0.25) is 0 Å². The van der Waals surface area contributed by atoms with E-state index in [0.717, 1.165) is 65.0 Å². The number of aliphatic imine (C=N–C) groups is 1. The molecule has 1 atom stereocenters. The first-order chi connectivity index (χ1) is 26.9. The molecule has 0 spiro atoms. The first-order valence-electron chi connectivity index (χ1n) is 21.3. The van der Waals surface area contributed by atoms with Crippen LogP contribution < -0.4 is 9.47 Å². The van der Waals surface area contributed by atoms with Crippen molar-refractivity contribution in [3.05, 3.63) is 123 Å². The molecule has 0 aliphatic heterocycles. The molecule has 0 aromatic heterocycles. The first kappa shape index (κ1) is 46.5. The average Bonchev–Trinajstić information content (AvgIpc) is 3.13. The molecule has 4 rings (SSSR count). The number of hydrogen-bond acceptors (Lipinski definition) is 5. The van der Waals surface area contributed by atoms with Crippen molar-refractivity contribution in [2.45, 2.75) is 162 Å². The van der Waals surface area contributed by atoms with Gasteiger partial charge in [-0.1, -0.05) is 140 Å². The minimum absolute atomic E-state index is 0.0932. The molecule has 58 heavy (non-hydrogen) atoms. The number of phenolic OH excluding ortho intramolecular Hbond substituents is 1. The van der Waals surface area contributed by atoms with Crippen molar-refractivity contribution in [3.8, 4) is 17.2 Å². The second-order valence-electron chi connectivity index (χ2n) is 20.2. The maximum Gasteiger partial charge on any atom is 0.137 e. The van der Waals surface area contributed by atoms with Gasteiger partial charge < -0.3 is 19.7 Å². The lowest BCUT2D eigenvalue weighted by Gasteiger charge is -2.40. The van der Waals surface area contributed by atoms with Crippen molar-refractivity contribution in [1.82, 2.24) is 0 Å². The van der Waals surface area contributed by atoms with Gasteiger partial charge in [-0.05, 0) is 100 Å². The number of aliphatic hydroxyl groups is 1. The molecular formula is C52H72FNO4. The van der Waals surface area contributed by atoms with Gasteiger partial charge in [0.25, 0.3) is 0 Å². The lowest BCUT2D eigenvalue weighted by molar-refractivity contribution is 0.0520. The number of ether oxygens (including phenoxy) is 2. The molecule has 0 aliphatic rings. The summed E-state index contributed by atoms with van der Waals surface area (Å²) >= 11 is 0. The minimum atomic E-state index is -1.75. The number of rotatable bonds is 15. The molecule has 4 aromatic carbocycles. The number of aromatic hydroxyl groups is 1. The molecule has 2 N–H and O–H groups in total. The van der Waals surface area contributed by atoms with Crippen molar-refractivity contribution in [2.75, 3.05) is 13.2 Å². The van der Waals surface area contributed by atoms with Crippen LogP contribution in [-0.2, 0) is 33.7 Å². The summed E-state index contributed by atoms with van der Waals surface area (Å²) in [5.74, 6) is 1.14. The largest absolute Gasteiger partial charge is 0.507 e. The van der Waals surface area contributed by atoms with E-state index in [1.54, 1.807) is 0 Å². The first-order valence-corrected chi connectivity index (χ1v) is 21.3. The number of benzene rings is 4. The Kier molecular flexibility index (Phi) is 14.8. The summed E-state index contributed by atoms with van der Waals surface area (Å²) < 4.78 is 28.1. The highest BCUT2D eigenvalue weighted by Crippen LogP contribution is 2.49. The van der Waals surface area contributed by atoms with Gasteiger partial charge in [-0.25, -0.2) is 4.39 Å². The van der Waals surface area contributed by atoms with Crippen molar-refractivity contribution in [2.24, 2.45) is 4.99 Å². The molecule has 316 valence electrons. The Morgan fingerprint density at radius 2 is 1.03 bits per heavy atom. The number of hydrogen-bond donors (Lipinski definition) is 2. The van der Waals surface area contributed by atoms with E-state index in [-0.39, 0.29) is 33.0 Å². The van der Waals surface area contributed by atoms with Crippen LogP contribution >= 0.6 is 0 Å². The van der Waals surface area contributed by atoms with Crippen LogP contribution in [0.1, 0.15) is 167 Å². The van der Waals surface area contributed by atoms with E-state index >= 15 is 0 Å². The van der Waals surface area contributed by atoms with E-state index in [1.165, 1.54) is 24.4 Å². The Balaban J connectivity index is 2.27. The van der Waals surface area contributed by atoms with E-state index in [4.69, 9.17) is 14.5 Å². The molecule has 0 amide bonds. The summed E-state index contributed by atoms with van der Waals surface area (Å²) in [6.45, 7) is 31.8. The van der Waals surface area contributed by atoms with Crippen LogP contribution in [0.4, 0.5) is 4.39 Å². The average molecular weight is 794 g/mol. The molecule has 0 bridgehead atoms. The van der Waals surface area contributed by atoms with Crippen molar-refractivity contribution < 1.29 is 24.1 Å². The molecule has 0 heterocycles. The zero-order chi connectivity index (χ0) is 43.3. The zero-order valence-electron chi connectivity index (χ0n) is 38.1.